The van der Waals surface area contributed by atoms with Crippen molar-refractivity contribution in [3.05, 3.63) is 64.4 Å². The van der Waals surface area contributed by atoms with Gasteiger partial charge in [-0.1, -0.05) is 12.1 Å². The number of aromatic carboxylic acids is 1. The zero-order valence-corrected chi connectivity index (χ0v) is 15.1. The van der Waals surface area contributed by atoms with Crippen LogP contribution in [0.1, 0.15) is 10.4 Å². The number of anilines is 2. The van der Waals surface area contributed by atoms with Gasteiger partial charge in [0, 0.05) is 22.2 Å². The highest BCUT2D eigenvalue weighted by molar-refractivity contribution is 8.00. The monoisotopic (exact) mass is 395 g/mol. The molecule has 0 aliphatic carbocycles. The first-order valence-electron chi connectivity index (χ1n) is 8.20. The van der Waals surface area contributed by atoms with Crippen molar-refractivity contribution in [3.8, 4) is 0 Å². The van der Waals surface area contributed by atoms with Gasteiger partial charge in [0.25, 0.3) is 0 Å². The third kappa shape index (κ3) is 3.12. The van der Waals surface area contributed by atoms with E-state index in [0.717, 1.165) is 15.7 Å². The average molecular weight is 395 g/mol. The second kappa shape index (κ2) is 6.86. The van der Waals surface area contributed by atoms with E-state index in [2.05, 4.69) is 10.6 Å². The Kier molecular flexibility index (Phi) is 4.36. The third-order valence-electron chi connectivity index (χ3n) is 4.22. The van der Waals surface area contributed by atoms with Gasteiger partial charge in [-0.05, 0) is 30.3 Å². The van der Waals surface area contributed by atoms with Gasteiger partial charge < -0.3 is 15.7 Å². The number of hydrogen-bond acceptors (Lipinski definition) is 5. The van der Waals surface area contributed by atoms with E-state index in [1.807, 2.05) is 0 Å². The molecule has 0 atom stereocenters. The van der Waals surface area contributed by atoms with Crippen molar-refractivity contribution >= 4 is 51.9 Å². The molecule has 0 spiro atoms. The maximum atomic E-state index is 12.8. The molecule has 3 N–H and O–H groups in total. The lowest BCUT2D eigenvalue weighted by molar-refractivity contribution is -0.113. The lowest BCUT2D eigenvalue weighted by atomic mass is 10.1. The van der Waals surface area contributed by atoms with Gasteiger partial charge in [-0.2, -0.15) is 0 Å². The molecular formula is C19H13N3O5S. The molecule has 8 nitrogen and oxygen atoms in total. The summed E-state index contributed by atoms with van der Waals surface area (Å²) in [6.45, 7) is 0. The molecule has 0 bridgehead atoms. The highest BCUT2D eigenvalue weighted by atomic mass is 32.2. The Morgan fingerprint density at radius 2 is 1.93 bits per heavy atom. The number of thioether (sulfide) groups is 1. The van der Waals surface area contributed by atoms with Crippen LogP contribution < -0.4 is 16.1 Å². The average Bonchev–Trinajstić information content (AvgIpc) is 2.67. The predicted molar refractivity (Wildman–Crippen MR) is 105 cm³/mol. The molecule has 28 heavy (non-hydrogen) atoms. The Bertz CT molecular complexity index is 1220. The largest absolute Gasteiger partial charge is 0.477 e. The second-order valence-electron chi connectivity index (χ2n) is 6.04. The molecule has 2 amide bonds. The highest BCUT2D eigenvalue weighted by Gasteiger charge is 2.19. The summed E-state index contributed by atoms with van der Waals surface area (Å²) in [4.78, 5) is 49.0. The molecule has 0 radical (unpaired) electrons. The summed E-state index contributed by atoms with van der Waals surface area (Å²) in [5, 5.41) is 14.8. The van der Waals surface area contributed by atoms with Crippen molar-refractivity contribution in [2.45, 2.75) is 4.90 Å². The van der Waals surface area contributed by atoms with Crippen LogP contribution in [0.3, 0.4) is 0 Å². The Morgan fingerprint density at radius 1 is 1.14 bits per heavy atom. The first-order valence-corrected chi connectivity index (χ1v) is 9.18. The van der Waals surface area contributed by atoms with E-state index >= 15 is 0 Å². The van der Waals surface area contributed by atoms with Crippen LogP contribution in [0.15, 0.2) is 58.4 Å². The lowest BCUT2D eigenvalue weighted by Crippen LogP contribution is -2.26. The fourth-order valence-electron chi connectivity index (χ4n) is 2.94. The number of nitrogens with zero attached hydrogens (tertiary/aromatic N) is 1. The topological polar surface area (TPSA) is 118 Å². The molecule has 9 heteroatoms. The van der Waals surface area contributed by atoms with Crippen LogP contribution in [-0.4, -0.2) is 33.3 Å². The number of amides is 2. The molecule has 2 aromatic carbocycles. The van der Waals surface area contributed by atoms with E-state index in [-0.39, 0.29) is 16.8 Å². The Morgan fingerprint density at radius 3 is 2.71 bits per heavy atom. The van der Waals surface area contributed by atoms with E-state index in [9.17, 15) is 24.3 Å². The summed E-state index contributed by atoms with van der Waals surface area (Å²) in [5.74, 6) is -1.20. The van der Waals surface area contributed by atoms with Crippen LogP contribution in [0.4, 0.5) is 16.2 Å². The molecule has 3 aromatic rings. The van der Waals surface area contributed by atoms with E-state index < -0.39 is 23.0 Å². The molecule has 0 saturated heterocycles. The van der Waals surface area contributed by atoms with Crippen LogP contribution >= 0.6 is 11.8 Å². The number of nitrogens with one attached hydrogen (secondary N) is 2. The number of rotatable bonds is 2. The summed E-state index contributed by atoms with van der Waals surface area (Å²) in [6, 6.07) is 10.7. The molecule has 0 saturated carbocycles. The van der Waals surface area contributed by atoms with Crippen LogP contribution in [0.2, 0.25) is 0 Å². The number of para-hydroxylation sites is 1. The van der Waals surface area contributed by atoms with Crippen molar-refractivity contribution in [1.29, 1.82) is 0 Å². The molecule has 140 valence electrons. The van der Waals surface area contributed by atoms with Crippen molar-refractivity contribution in [3.63, 3.8) is 0 Å². The van der Waals surface area contributed by atoms with Crippen LogP contribution in [-0.2, 0) is 4.79 Å². The van der Waals surface area contributed by atoms with Gasteiger partial charge >= 0.3 is 12.0 Å². The highest BCUT2D eigenvalue weighted by Crippen LogP contribution is 2.33. The van der Waals surface area contributed by atoms with Crippen molar-refractivity contribution in [2.24, 2.45) is 0 Å². The van der Waals surface area contributed by atoms with E-state index in [1.54, 1.807) is 36.4 Å². The molecule has 2 heterocycles. The maximum Gasteiger partial charge on any atom is 0.341 e. The fraction of sp³-hybridized carbons (Fsp3) is 0.0526. The number of carbonyl (C=O) groups is 3. The van der Waals surface area contributed by atoms with E-state index in [4.69, 9.17) is 0 Å². The van der Waals surface area contributed by atoms with Gasteiger partial charge in [0.2, 0.25) is 11.3 Å². The number of carboxylic acid groups (broad SMARTS) is 1. The maximum absolute atomic E-state index is 12.8. The Labute approximate surface area is 162 Å². The number of pyridine rings is 1. The van der Waals surface area contributed by atoms with Crippen molar-refractivity contribution in [1.82, 2.24) is 4.57 Å². The molecule has 0 fully saturated rings. The SMILES string of the molecule is O=C1CSc2ccc(NC(=O)n3cc(C(=O)O)c(=O)c4ccccc43)cc2N1. The number of fused-ring (bicyclic) bond motifs is 2. The second-order valence-corrected chi connectivity index (χ2v) is 7.06. The van der Waals surface area contributed by atoms with Crippen LogP contribution in [0.25, 0.3) is 10.9 Å². The van der Waals surface area contributed by atoms with Crippen LogP contribution in [0.5, 0.6) is 0 Å². The molecule has 0 unspecified atom stereocenters. The van der Waals surface area contributed by atoms with Gasteiger partial charge in [-0.15, -0.1) is 11.8 Å². The minimum atomic E-state index is -1.41. The van der Waals surface area contributed by atoms with Crippen molar-refractivity contribution in [2.75, 3.05) is 16.4 Å². The van der Waals surface area contributed by atoms with E-state index in [0.29, 0.717) is 17.1 Å². The zero-order chi connectivity index (χ0) is 19.8. The fourth-order valence-corrected chi connectivity index (χ4v) is 3.73. The minimum Gasteiger partial charge on any atom is -0.477 e. The first-order chi connectivity index (χ1) is 13.4. The summed E-state index contributed by atoms with van der Waals surface area (Å²) >= 11 is 1.40. The Hall–Kier alpha value is -3.59. The third-order valence-corrected chi connectivity index (χ3v) is 5.30. The lowest BCUT2D eigenvalue weighted by Gasteiger charge is -2.18. The first kappa shape index (κ1) is 17.8. The van der Waals surface area contributed by atoms with Gasteiger partial charge in [-0.25, -0.2) is 9.59 Å². The summed E-state index contributed by atoms with van der Waals surface area (Å²) in [7, 11) is 0. The van der Waals surface area contributed by atoms with Gasteiger partial charge in [0.05, 0.1) is 17.0 Å². The normalized spacial score (nSPS) is 12.9. The molecular weight excluding hydrogens is 382 g/mol. The van der Waals surface area contributed by atoms with Gasteiger partial charge in [0.15, 0.2) is 0 Å². The van der Waals surface area contributed by atoms with Gasteiger partial charge in [-0.3, -0.25) is 14.2 Å². The molecule has 1 aliphatic heterocycles. The smallest absolute Gasteiger partial charge is 0.341 e. The minimum absolute atomic E-state index is 0.126. The van der Waals surface area contributed by atoms with E-state index in [1.165, 1.54) is 17.8 Å². The number of carbonyl (C=O) groups excluding carboxylic acids is 2. The molecule has 1 aliphatic rings. The number of carboxylic acids is 1. The van der Waals surface area contributed by atoms with Crippen LogP contribution in [0, 0.1) is 0 Å². The zero-order valence-electron chi connectivity index (χ0n) is 14.3. The Balaban J connectivity index is 1.75. The molecule has 1 aromatic heterocycles. The number of hydrogen-bond donors (Lipinski definition) is 3. The standard InChI is InChI=1S/C19H13N3O5S/c23-16-9-28-15-6-5-10(7-13(15)21-16)20-19(27)22-8-12(18(25)26)17(24)11-3-1-2-4-14(11)22/h1-8H,9H2,(H,20,27)(H,21,23)(H,25,26). The quantitative estimate of drug-likeness (QED) is 0.614. The van der Waals surface area contributed by atoms with Crippen molar-refractivity contribution < 1.29 is 19.5 Å². The summed E-state index contributed by atoms with van der Waals surface area (Å²) in [5.41, 5.74) is 0.154. The number of benzene rings is 2. The van der Waals surface area contributed by atoms with Gasteiger partial charge in [0.1, 0.15) is 5.56 Å². The summed E-state index contributed by atoms with van der Waals surface area (Å²) < 4.78 is 1.09. The number of aromatic nitrogens is 1. The summed E-state index contributed by atoms with van der Waals surface area (Å²) in [6.07, 6.45) is 1.01. The molecule has 4 rings (SSSR count). The predicted octanol–water partition coefficient (Wildman–Crippen LogP) is 2.82.